The number of carbonyl (C=O) groups excluding carboxylic acids is 2. The summed E-state index contributed by atoms with van der Waals surface area (Å²) in [6.45, 7) is 0. The van der Waals surface area contributed by atoms with Crippen molar-refractivity contribution in [3.8, 4) is 5.75 Å². The topological polar surface area (TPSA) is 92.6 Å². The molecule has 0 aliphatic carbocycles. The Morgan fingerprint density at radius 3 is 2.47 bits per heavy atom. The van der Waals surface area contributed by atoms with Crippen LogP contribution in [0.3, 0.4) is 0 Å². The number of anilines is 2. The predicted octanol–water partition coefficient (Wildman–Crippen LogP) is 5.22. The summed E-state index contributed by atoms with van der Waals surface area (Å²) in [6, 6.07) is 23.6. The Morgan fingerprint density at radius 1 is 0.941 bits per heavy atom. The molecule has 0 saturated carbocycles. The number of fused-ring (bicyclic) bond motifs is 1. The molecule has 2 amide bonds. The number of benzene rings is 3. The van der Waals surface area contributed by atoms with Gasteiger partial charge in [0.15, 0.2) is 10.9 Å². The van der Waals surface area contributed by atoms with Gasteiger partial charge in [-0.1, -0.05) is 48.5 Å². The Morgan fingerprint density at radius 2 is 1.71 bits per heavy atom. The highest BCUT2D eigenvalue weighted by Crippen LogP contribution is 2.29. The lowest BCUT2D eigenvalue weighted by atomic mass is 10.2. The van der Waals surface area contributed by atoms with Gasteiger partial charge in [0.25, 0.3) is 5.91 Å². The molecule has 0 atom stereocenters. The molecular formula is C26H21N3O4S. The van der Waals surface area contributed by atoms with E-state index in [2.05, 4.69) is 16.0 Å². The fraction of sp³-hybridized carbons (Fsp3) is 0.0385. The number of hydrogen-bond acceptors (Lipinski definition) is 5. The highest BCUT2D eigenvalue weighted by molar-refractivity contribution is 7.80. The van der Waals surface area contributed by atoms with Gasteiger partial charge in [-0.25, -0.2) is 0 Å². The molecule has 3 N–H and O–H groups in total. The van der Waals surface area contributed by atoms with Crippen LogP contribution < -0.4 is 20.7 Å². The molecule has 0 radical (unpaired) electrons. The minimum absolute atomic E-state index is 0.129. The molecule has 7 nitrogen and oxygen atoms in total. The Kier molecular flexibility index (Phi) is 7.00. The third kappa shape index (κ3) is 5.67. The monoisotopic (exact) mass is 471 g/mol. The van der Waals surface area contributed by atoms with Gasteiger partial charge in [-0.05, 0) is 48.1 Å². The number of para-hydroxylation sites is 1. The van der Waals surface area contributed by atoms with Crippen LogP contribution in [0.5, 0.6) is 5.75 Å². The van der Waals surface area contributed by atoms with Crippen molar-refractivity contribution < 1.29 is 18.7 Å². The molecule has 1 aromatic heterocycles. The van der Waals surface area contributed by atoms with Crippen LogP contribution in [0.15, 0.2) is 89.4 Å². The molecule has 0 fully saturated rings. The second kappa shape index (κ2) is 10.5. The van der Waals surface area contributed by atoms with Gasteiger partial charge in [0.1, 0.15) is 11.3 Å². The van der Waals surface area contributed by atoms with Crippen LogP contribution >= 0.6 is 12.2 Å². The maximum absolute atomic E-state index is 12.6. The fourth-order valence-corrected chi connectivity index (χ4v) is 3.42. The van der Waals surface area contributed by atoms with E-state index < -0.39 is 5.91 Å². The molecule has 8 heteroatoms. The molecule has 4 aromatic rings. The minimum Gasteiger partial charge on any atom is -0.494 e. The van der Waals surface area contributed by atoms with Crippen LogP contribution in [-0.2, 0) is 4.79 Å². The lowest BCUT2D eigenvalue weighted by Crippen LogP contribution is -2.32. The first-order valence-corrected chi connectivity index (χ1v) is 10.8. The van der Waals surface area contributed by atoms with Gasteiger partial charge in [0.2, 0.25) is 5.91 Å². The number of ether oxygens (including phenoxy) is 1. The van der Waals surface area contributed by atoms with Crippen LogP contribution in [0.2, 0.25) is 0 Å². The second-order valence-corrected chi connectivity index (χ2v) is 7.61. The van der Waals surface area contributed by atoms with Crippen molar-refractivity contribution in [2.24, 2.45) is 0 Å². The zero-order valence-electron chi connectivity index (χ0n) is 18.2. The van der Waals surface area contributed by atoms with Gasteiger partial charge in [-0.3, -0.25) is 14.9 Å². The number of amides is 2. The first-order chi connectivity index (χ1) is 16.5. The first kappa shape index (κ1) is 22.8. The predicted molar refractivity (Wildman–Crippen MR) is 137 cm³/mol. The maximum Gasteiger partial charge on any atom is 0.291 e. The van der Waals surface area contributed by atoms with Crippen LogP contribution in [0.4, 0.5) is 11.4 Å². The number of hydrogen-bond donors (Lipinski definition) is 3. The Labute approximate surface area is 201 Å². The van der Waals surface area contributed by atoms with Gasteiger partial charge in [-0.15, -0.1) is 0 Å². The summed E-state index contributed by atoms with van der Waals surface area (Å²) in [6.07, 6.45) is 3.10. The minimum atomic E-state index is -0.400. The summed E-state index contributed by atoms with van der Waals surface area (Å²) >= 11 is 5.22. The van der Waals surface area contributed by atoms with E-state index in [9.17, 15) is 9.59 Å². The molecule has 170 valence electrons. The summed E-state index contributed by atoms with van der Waals surface area (Å²) in [7, 11) is 1.49. The molecule has 0 aliphatic rings. The first-order valence-electron chi connectivity index (χ1n) is 10.3. The quantitative estimate of drug-likeness (QED) is 0.264. The van der Waals surface area contributed by atoms with Gasteiger partial charge in [0.05, 0.1) is 12.8 Å². The molecule has 0 aliphatic heterocycles. The number of carbonyl (C=O) groups is 2. The Balaban J connectivity index is 1.38. The normalized spacial score (nSPS) is 10.7. The van der Waals surface area contributed by atoms with Gasteiger partial charge < -0.3 is 19.8 Å². The molecular weight excluding hydrogens is 450 g/mol. The van der Waals surface area contributed by atoms with Crippen LogP contribution in [-0.4, -0.2) is 24.0 Å². The van der Waals surface area contributed by atoms with Crippen LogP contribution in [0.25, 0.3) is 17.0 Å². The number of nitrogens with one attached hydrogen (secondary N) is 3. The van der Waals surface area contributed by atoms with Gasteiger partial charge in [-0.2, -0.15) is 0 Å². The van der Waals surface area contributed by atoms with Crippen molar-refractivity contribution in [2.45, 2.75) is 0 Å². The van der Waals surface area contributed by atoms with E-state index in [1.165, 1.54) is 13.2 Å². The molecule has 0 unspecified atom stereocenters. The van der Waals surface area contributed by atoms with E-state index in [0.29, 0.717) is 22.7 Å². The number of thiocarbonyl (C=S) groups is 1. The molecule has 1 heterocycles. The molecule has 3 aromatic carbocycles. The van der Waals surface area contributed by atoms with E-state index in [4.69, 9.17) is 21.4 Å². The van der Waals surface area contributed by atoms with Crippen molar-refractivity contribution >= 4 is 57.6 Å². The number of rotatable bonds is 6. The molecule has 4 rings (SSSR count). The van der Waals surface area contributed by atoms with Gasteiger partial charge >= 0.3 is 0 Å². The second-order valence-electron chi connectivity index (χ2n) is 7.21. The zero-order chi connectivity index (χ0) is 23.9. The van der Waals surface area contributed by atoms with E-state index in [1.807, 2.05) is 48.5 Å². The third-order valence-corrected chi connectivity index (χ3v) is 5.02. The van der Waals surface area contributed by atoms with Crippen molar-refractivity contribution in [3.63, 3.8) is 0 Å². The fourth-order valence-electron chi connectivity index (χ4n) is 3.20. The zero-order valence-corrected chi connectivity index (χ0v) is 19.0. The summed E-state index contributed by atoms with van der Waals surface area (Å²) < 4.78 is 11.0. The summed E-state index contributed by atoms with van der Waals surface area (Å²) in [5.74, 6) is -0.156. The SMILES string of the molecule is COc1cc(NC(=S)NC(=O)/C=C/c2ccccc2)ccc1NC(=O)c1cc2ccccc2o1. The standard InChI is InChI=1S/C26H21N3O4S/c1-32-22-16-19(27-26(34)29-24(30)14-11-17-7-3-2-4-8-17)12-13-20(22)28-25(31)23-15-18-9-5-6-10-21(18)33-23/h2-16H,1H3,(H,28,31)(H2,27,29,30,34)/b14-11+. The lowest BCUT2D eigenvalue weighted by molar-refractivity contribution is -0.115. The third-order valence-electron chi connectivity index (χ3n) is 4.82. The Hall–Kier alpha value is -4.43. The summed E-state index contributed by atoms with van der Waals surface area (Å²) in [5, 5.41) is 9.28. The number of methoxy groups -OCH3 is 1. The van der Waals surface area contributed by atoms with E-state index >= 15 is 0 Å². The van der Waals surface area contributed by atoms with E-state index in [1.54, 1.807) is 36.4 Å². The molecule has 34 heavy (non-hydrogen) atoms. The van der Waals surface area contributed by atoms with Crippen LogP contribution in [0.1, 0.15) is 16.1 Å². The maximum atomic E-state index is 12.6. The summed E-state index contributed by atoms with van der Waals surface area (Å²) in [4.78, 5) is 24.8. The van der Waals surface area contributed by atoms with Crippen molar-refractivity contribution in [3.05, 3.63) is 96.3 Å². The lowest BCUT2D eigenvalue weighted by Gasteiger charge is -2.13. The highest BCUT2D eigenvalue weighted by Gasteiger charge is 2.15. The largest absolute Gasteiger partial charge is 0.494 e. The molecule has 0 saturated heterocycles. The number of furan rings is 1. The summed E-state index contributed by atoms with van der Waals surface area (Å²) in [5.41, 5.74) is 2.57. The Bertz CT molecular complexity index is 1350. The van der Waals surface area contributed by atoms with E-state index in [-0.39, 0.29) is 16.8 Å². The average Bonchev–Trinajstić information content (AvgIpc) is 3.29. The molecule has 0 spiro atoms. The van der Waals surface area contributed by atoms with Crippen molar-refractivity contribution in [2.75, 3.05) is 17.7 Å². The van der Waals surface area contributed by atoms with Gasteiger partial charge in [0, 0.05) is 23.2 Å². The average molecular weight is 472 g/mol. The van der Waals surface area contributed by atoms with E-state index in [0.717, 1.165) is 10.9 Å². The smallest absolute Gasteiger partial charge is 0.291 e. The molecule has 0 bridgehead atoms. The highest BCUT2D eigenvalue weighted by atomic mass is 32.1. The van der Waals surface area contributed by atoms with Crippen LogP contribution in [0, 0.1) is 0 Å². The van der Waals surface area contributed by atoms with Crippen molar-refractivity contribution in [1.29, 1.82) is 0 Å². The van der Waals surface area contributed by atoms with Crippen molar-refractivity contribution in [1.82, 2.24) is 5.32 Å².